The molecule has 8 nitrogen and oxygen atoms in total. The van der Waals surface area contributed by atoms with E-state index in [1.165, 1.54) is 20.3 Å². The molecule has 3 rings (SSSR count). The minimum absolute atomic E-state index is 0.0877. The van der Waals surface area contributed by atoms with Crippen LogP contribution in [0.2, 0.25) is 0 Å². The highest BCUT2D eigenvalue weighted by Gasteiger charge is 2.31. The van der Waals surface area contributed by atoms with E-state index < -0.39 is 18.0 Å². The first kappa shape index (κ1) is 26.1. The number of aryl methyl sites for hydroxylation is 1. The van der Waals surface area contributed by atoms with Crippen molar-refractivity contribution in [1.82, 2.24) is 0 Å². The Morgan fingerprint density at radius 3 is 2.60 bits per heavy atom. The van der Waals surface area contributed by atoms with Gasteiger partial charge >= 0.3 is 11.9 Å². The average molecular weight is 485 g/mol. The summed E-state index contributed by atoms with van der Waals surface area (Å²) >= 11 is 0. The topological polar surface area (TPSA) is 101 Å². The molecule has 2 aromatic rings. The first-order valence-corrected chi connectivity index (χ1v) is 11.5. The molecule has 0 aliphatic carbocycles. The van der Waals surface area contributed by atoms with Gasteiger partial charge in [0, 0.05) is 17.2 Å². The maximum Gasteiger partial charge on any atom is 0.346 e. The molecule has 0 saturated heterocycles. The predicted octanol–water partition coefficient (Wildman–Crippen LogP) is 5.13. The Morgan fingerprint density at radius 1 is 1.23 bits per heavy atom. The van der Waals surface area contributed by atoms with Gasteiger partial charge in [-0.2, -0.15) is 0 Å². The fourth-order valence-corrected chi connectivity index (χ4v) is 4.06. The number of cyclic esters (lactones) is 1. The Labute approximate surface area is 205 Å². The second kappa shape index (κ2) is 11.3. The highest BCUT2D eigenvalue weighted by atomic mass is 16.6. The Hall–Kier alpha value is -3.52. The third-order valence-electron chi connectivity index (χ3n) is 5.66. The van der Waals surface area contributed by atoms with Crippen LogP contribution in [0.25, 0.3) is 6.08 Å². The lowest BCUT2D eigenvalue weighted by Gasteiger charge is -2.25. The number of hydrogen-bond donors (Lipinski definition) is 1. The van der Waals surface area contributed by atoms with Crippen molar-refractivity contribution in [2.24, 2.45) is 5.92 Å². The van der Waals surface area contributed by atoms with Crippen LogP contribution < -0.4 is 14.2 Å². The number of carbonyl (C=O) groups excluding carboxylic acids is 2. The van der Waals surface area contributed by atoms with Crippen molar-refractivity contribution in [3.63, 3.8) is 0 Å². The van der Waals surface area contributed by atoms with Gasteiger partial charge in [-0.25, -0.2) is 9.59 Å². The van der Waals surface area contributed by atoms with E-state index in [9.17, 15) is 14.7 Å². The van der Waals surface area contributed by atoms with Crippen LogP contribution in [0.3, 0.4) is 0 Å². The van der Waals surface area contributed by atoms with Crippen molar-refractivity contribution in [1.29, 1.82) is 0 Å². The summed E-state index contributed by atoms with van der Waals surface area (Å²) in [6.07, 6.45) is 2.60. The number of methoxy groups -OCH3 is 2. The molecule has 0 fully saturated rings. The highest BCUT2D eigenvalue weighted by Crippen LogP contribution is 2.45. The number of benzene rings is 2. The van der Waals surface area contributed by atoms with Gasteiger partial charge in [0.25, 0.3) is 0 Å². The summed E-state index contributed by atoms with van der Waals surface area (Å²) in [5.41, 5.74) is 2.57. The van der Waals surface area contributed by atoms with Crippen LogP contribution in [0, 0.1) is 12.8 Å². The van der Waals surface area contributed by atoms with E-state index in [0.29, 0.717) is 34.6 Å². The summed E-state index contributed by atoms with van der Waals surface area (Å²) in [7, 11) is 2.95. The van der Waals surface area contributed by atoms with Gasteiger partial charge in [-0.1, -0.05) is 13.8 Å². The number of rotatable bonds is 8. The molecule has 0 saturated carbocycles. The van der Waals surface area contributed by atoms with E-state index in [1.807, 2.05) is 20.8 Å². The standard InChI is InChI=1S/C27H32O8/c1-7-33-23(29)11-9-17-16(4)13-22(31-5)25-19(17)14-34-27(30)24-21(35-25)10-8-18(26(24)32-6)20(28)12-15(2)3/h8-11,13,15,20,28H,7,12,14H2,1-6H3/b11-9+. The number of aliphatic hydroxyl groups is 1. The molecule has 1 heterocycles. The van der Waals surface area contributed by atoms with Crippen molar-refractivity contribution in [3.05, 3.63) is 52.1 Å². The van der Waals surface area contributed by atoms with Crippen molar-refractivity contribution >= 4 is 18.0 Å². The highest BCUT2D eigenvalue weighted by molar-refractivity contribution is 5.97. The summed E-state index contributed by atoms with van der Waals surface area (Å²) in [6, 6.07) is 5.08. The molecule has 0 spiro atoms. The van der Waals surface area contributed by atoms with Crippen LogP contribution in [0.15, 0.2) is 24.3 Å². The van der Waals surface area contributed by atoms with Crippen molar-refractivity contribution in [2.75, 3.05) is 20.8 Å². The average Bonchev–Trinajstić information content (AvgIpc) is 2.80. The molecular weight excluding hydrogens is 452 g/mol. The number of fused-ring (bicyclic) bond motifs is 2. The first-order chi connectivity index (χ1) is 16.7. The molecular formula is C27H32O8. The van der Waals surface area contributed by atoms with Crippen LogP contribution in [0.4, 0.5) is 0 Å². The number of esters is 2. The summed E-state index contributed by atoms with van der Waals surface area (Å²) in [6.45, 7) is 7.71. The molecule has 1 unspecified atom stereocenters. The van der Waals surface area contributed by atoms with Gasteiger partial charge in [0.05, 0.1) is 26.9 Å². The zero-order valence-electron chi connectivity index (χ0n) is 21.0. The Kier molecular flexibility index (Phi) is 8.40. The second-order valence-electron chi connectivity index (χ2n) is 8.59. The van der Waals surface area contributed by atoms with Crippen LogP contribution in [0.5, 0.6) is 23.0 Å². The lowest BCUT2D eigenvalue weighted by molar-refractivity contribution is -0.137. The third-order valence-corrected chi connectivity index (χ3v) is 5.66. The molecule has 1 aliphatic heterocycles. The maximum atomic E-state index is 13.2. The van der Waals surface area contributed by atoms with Gasteiger partial charge < -0.3 is 28.8 Å². The first-order valence-electron chi connectivity index (χ1n) is 11.5. The number of carbonyl (C=O) groups is 2. The van der Waals surface area contributed by atoms with Gasteiger partial charge in [-0.15, -0.1) is 0 Å². The molecule has 8 heteroatoms. The molecule has 0 radical (unpaired) electrons. The van der Waals surface area contributed by atoms with Gasteiger partial charge in [0.1, 0.15) is 23.7 Å². The largest absolute Gasteiger partial charge is 0.495 e. The lowest BCUT2D eigenvalue weighted by atomic mass is 9.96. The number of ether oxygens (including phenoxy) is 5. The molecule has 1 aliphatic rings. The quantitative estimate of drug-likeness (QED) is 0.407. The summed E-state index contributed by atoms with van der Waals surface area (Å²) in [5.74, 6) is 0.309. The minimum atomic E-state index is -0.822. The molecule has 0 bridgehead atoms. The van der Waals surface area contributed by atoms with E-state index in [-0.39, 0.29) is 36.2 Å². The number of hydrogen-bond acceptors (Lipinski definition) is 8. The van der Waals surface area contributed by atoms with Crippen molar-refractivity contribution in [3.8, 4) is 23.0 Å². The minimum Gasteiger partial charge on any atom is -0.495 e. The van der Waals surface area contributed by atoms with Crippen LogP contribution >= 0.6 is 0 Å². The Morgan fingerprint density at radius 2 is 1.97 bits per heavy atom. The van der Waals surface area contributed by atoms with Gasteiger partial charge in [0.15, 0.2) is 11.5 Å². The molecule has 0 aromatic heterocycles. The van der Waals surface area contributed by atoms with Crippen LogP contribution in [-0.4, -0.2) is 37.9 Å². The monoisotopic (exact) mass is 484 g/mol. The Bertz CT molecular complexity index is 1130. The number of aliphatic hydroxyl groups excluding tert-OH is 1. The lowest BCUT2D eigenvalue weighted by Crippen LogP contribution is -2.16. The van der Waals surface area contributed by atoms with Crippen LogP contribution in [-0.2, 0) is 20.9 Å². The molecule has 188 valence electrons. The van der Waals surface area contributed by atoms with E-state index in [4.69, 9.17) is 23.7 Å². The summed E-state index contributed by atoms with van der Waals surface area (Å²) in [5, 5.41) is 10.7. The van der Waals surface area contributed by atoms with E-state index in [2.05, 4.69) is 0 Å². The zero-order chi connectivity index (χ0) is 25.7. The fourth-order valence-electron chi connectivity index (χ4n) is 4.06. The normalized spacial score (nSPS) is 13.8. The predicted molar refractivity (Wildman–Crippen MR) is 130 cm³/mol. The van der Waals surface area contributed by atoms with Gasteiger partial charge in [0.2, 0.25) is 0 Å². The van der Waals surface area contributed by atoms with Crippen LogP contribution in [0.1, 0.15) is 65.9 Å². The van der Waals surface area contributed by atoms with Gasteiger partial charge in [-0.05, 0) is 61.6 Å². The fraction of sp³-hybridized carbons (Fsp3) is 0.407. The zero-order valence-corrected chi connectivity index (χ0v) is 21.0. The van der Waals surface area contributed by atoms with Crippen molar-refractivity contribution < 1.29 is 38.4 Å². The molecule has 1 atom stereocenters. The molecule has 35 heavy (non-hydrogen) atoms. The van der Waals surface area contributed by atoms with E-state index >= 15 is 0 Å². The van der Waals surface area contributed by atoms with E-state index in [1.54, 1.807) is 31.2 Å². The van der Waals surface area contributed by atoms with E-state index in [0.717, 1.165) is 5.56 Å². The molecule has 2 aromatic carbocycles. The van der Waals surface area contributed by atoms with Gasteiger partial charge in [-0.3, -0.25) is 0 Å². The SMILES string of the molecule is CCOC(=O)/C=C/c1c(C)cc(OC)c2c1COC(=O)c1c(ccc(C(O)CC(C)C)c1OC)O2. The third kappa shape index (κ3) is 5.59. The smallest absolute Gasteiger partial charge is 0.346 e. The maximum absolute atomic E-state index is 13.2. The molecule has 1 N–H and O–H groups in total. The Balaban J connectivity index is 2.16. The molecule has 0 amide bonds. The van der Waals surface area contributed by atoms with Crippen molar-refractivity contribution in [2.45, 2.75) is 46.8 Å². The summed E-state index contributed by atoms with van der Waals surface area (Å²) < 4.78 is 28.0. The summed E-state index contributed by atoms with van der Waals surface area (Å²) in [4.78, 5) is 25.1. The second-order valence-corrected chi connectivity index (χ2v) is 8.59.